The van der Waals surface area contributed by atoms with Gasteiger partial charge < -0.3 is 5.11 Å². The molecule has 0 spiro atoms. The lowest BCUT2D eigenvalue weighted by molar-refractivity contribution is -0.0202. The van der Waals surface area contributed by atoms with E-state index in [0.717, 1.165) is 23.4 Å². The Bertz CT molecular complexity index is 478. The highest BCUT2D eigenvalue weighted by Crippen LogP contribution is 2.41. The maximum absolute atomic E-state index is 9.41. The van der Waals surface area contributed by atoms with Gasteiger partial charge in [-0.25, -0.2) is 0 Å². The minimum Gasteiger partial charge on any atom is -0.396 e. The first-order valence-electron chi connectivity index (χ1n) is 9.53. The summed E-state index contributed by atoms with van der Waals surface area (Å²) in [5.41, 5.74) is 1.49. The molecule has 24 heavy (non-hydrogen) atoms. The number of hydrogen-bond acceptors (Lipinski definition) is 2. The molecule has 3 rings (SSSR count). The predicted molar refractivity (Wildman–Crippen MR) is 105 cm³/mol. The maximum atomic E-state index is 9.41. The molecule has 0 radical (unpaired) electrons. The van der Waals surface area contributed by atoms with Crippen molar-refractivity contribution in [1.29, 1.82) is 0 Å². The lowest BCUT2D eigenvalue weighted by atomic mass is 9.88. The summed E-state index contributed by atoms with van der Waals surface area (Å²) in [4.78, 5) is 2.57. The summed E-state index contributed by atoms with van der Waals surface area (Å²) in [5.74, 6) is 0. The molecule has 1 saturated carbocycles. The molecule has 1 aromatic carbocycles. The number of nitrogens with zero attached hydrogens (tertiary/aromatic N) is 2. The number of rotatable bonds is 5. The fourth-order valence-corrected chi connectivity index (χ4v) is 5.14. The summed E-state index contributed by atoms with van der Waals surface area (Å²) in [6, 6.07) is 12.0. The Balaban J connectivity index is 0.00000208. The normalized spacial score (nSPS) is 29.2. The monoisotopic (exact) mass is 353 g/mol. The zero-order valence-corrected chi connectivity index (χ0v) is 15.9. The highest BCUT2D eigenvalue weighted by molar-refractivity contribution is 5.85. The van der Waals surface area contributed by atoms with Crippen molar-refractivity contribution in [3.05, 3.63) is 30.3 Å². The molecule has 3 nitrogen and oxygen atoms in total. The molecule has 1 aliphatic heterocycles. The van der Waals surface area contributed by atoms with Crippen LogP contribution in [-0.4, -0.2) is 49.0 Å². The maximum Gasteiger partial charge on any atom is 0.150 e. The van der Waals surface area contributed by atoms with Crippen molar-refractivity contribution in [1.82, 2.24) is 9.38 Å². The standard InChI is InChI=1S/C20H33N2O.ClH/c1-21-15-9-16-22(20(21)14-8-17-23,18-10-4-2-5-11-18)19-12-6-3-7-13-19;/h2,4-5,10-11,19-20,23H,3,6-9,12-17H2,1H3;1H/q+1;. The van der Waals surface area contributed by atoms with E-state index in [1.54, 1.807) is 0 Å². The summed E-state index contributed by atoms with van der Waals surface area (Å²) < 4.78 is 1.14. The lowest BCUT2D eigenvalue weighted by Gasteiger charge is -2.56. The van der Waals surface area contributed by atoms with E-state index in [1.165, 1.54) is 57.3 Å². The summed E-state index contributed by atoms with van der Waals surface area (Å²) in [6.07, 6.45) is 10.7. The van der Waals surface area contributed by atoms with E-state index in [9.17, 15) is 5.11 Å². The molecular weight excluding hydrogens is 320 g/mol. The molecule has 2 atom stereocenters. The number of quaternary nitrogens is 1. The van der Waals surface area contributed by atoms with Crippen LogP contribution in [0.3, 0.4) is 0 Å². The van der Waals surface area contributed by atoms with Crippen molar-refractivity contribution in [2.24, 2.45) is 0 Å². The van der Waals surface area contributed by atoms with Crippen molar-refractivity contribution in [2.45, 2.75) is 63.6 Å². The van der Waals surface area contributed by atoms with Gasteiger partial charge in [-0.05, 0) is 51.3 Å². The molecule has 4 heteroatoms. The molecule has 1 aliphatic carbocycles. The van der Waals surface area contributed by atoms with Gasteiger partial charge in [0, 0.05) is 26.0 Å². The third kappa shape index (κ3) is 3.80. The molecule has 2 aliphatic rings. The number of hydrogen-bond donors (Lipinski definition) is 1. The summed E-state index contributed by atoms with van der Waals surface area (Å²) >= 11 is 0. The number of aliphatic hydroxyl groups excluding tert-OH is 1. The average Bonchev–Trinajstić information content (AvgIpc) is 2.62. The smallest absolute Gasteiger partial charge is 0.150 e. The minimum atomic E-state index is 0. The van der Waals surface area contributed by atoms with Crippen LogP contribution in [0.1, 0.15) is 51.4 Å². The molecular formula is C20H34ClN2O+. The first-order chi connectivity index (χ1) is 11.3. The van der Waals surface area contributed by atoms with Crippen molar-refractivity contribution >= 4 is 18.1 Å². The molecule has 0 aromatic heterocycles. The van der Waals surface area contributed by atoms with E-state index in [4.69, 9.17) is 0 Å². The third-order valence-electron chi connectivity index (χ3n) is 6.16. The second-order valence-corrected chi connectivity index (χ2v) is 7.46. The zero-order chi connectivity index (χ0) is 16.1. The fraction of sp³-hybridized carbons (Fsp3) is 0.700. The van der Waals surface area contributed by atoms with E-state index in [-0.39, 0.29) is 12.4 Å². The lowest BCUT2D eigenvalue weighted by Crippen LogP contribution is -2.71. The topological polar surface area (TPSA) is 23.5 Å². The van der Waals surface area contributed by atoms with Gasteiger partial charge in [0.05, 0.1) is 12.6 Å². The van der Waals surface area contributed by atoms with Gasteiger partial charge in [0.2, 0.25) is 0 Å². The summed E-state index contributed by atoms with van der Waals surface area (Å²) in [7, 11) is 2.29. The van der Waals surface area contributed by atoms with Crippen molar-refractivity contribution in [2.75, 3.05) is 26.7 Å². The molecule has 1 saturated heterocycles. The SMILES string of the molecule is CN1CCC[N+](c2ccccc2)(C2CCCCC2)C1CCCO.Cl. The average molecular weight is 354 g/mol. The van der Waals surface area contributed by atoms with E-state index in [0.29, 0.717) is 12.8 Å². The van der Waals surface area contributed by atoms with E-state index in [2.05, 4.69) is 42.3 Å². The number of aliphatic hydroxyl groups is 1. The second kappa shape index (κ2) is 9.19. The van der Waals surface area contributed by atoms with Crippen LogP contribution in [0.5, 0.6) is 0 Å². The Kier molecular flexibility index (Phi) is 7.55. The van der Waals surface area contributed by atoms with Crippen LogP contribution in [0.2, 0.25) is 0 Å². The Morgan fingerprint density at radius 1 is 1.08 bits per heavy atom. The molecule has 2 fully saturated rings. The van der Waals surface area contributed by atoms with Crippen LogP contribution in [0, 0.1) is 0 Å². The first-order valence-corrected chi connectivity index (χ1v) is 9.53. The van der Waals surface area contributed by atoms with Crippen LogP contribution in [0.15, 0.2) is 30.3 Å². The fourth-order valence-electron chi connectivity index (χ4n) is 5.14. The van der Waals surface area contributed by atoms with E-state index < -0.39 is 0 Å². The van der Waals surface area contributed by atoms with Crippen molar-refractivity contribution in [3.8, 4) is 0 Å². The van der Waals surface area contributed by atoms with Crippen LogP contribution in [0.25, 0.3) is 0 Å². The number of benzene rings is 1. The van der Waals surface area contributed by atoms with E-state index >= 15 is 0 Å². The second-order valence-electron chi connectivity index (χ2n) is 7.46. The molecule has 1 aromatic rings. The molecule has 0 amide bonds. The highest BCUT2D eigenvalue weighted by Gasteiger charge is 2.49. The van der Waals surface area contributed by atoms with Crippen LogP contribution in [0.4, 0.5) is 5.69 Å². The number of para-hydroxylation sites is 1. The highest BCUT2D eigenvalue weighted by atomic mass is 35.5. The Labute approximate surface area is 153 Å². The Hall–Kier alpha value is -0.610. The summed E-state index contributed by atoms with van der Waals surface area (Å²) in [5, 5.41) is 9.41. The molecule has 136 valence electrons. The quantitative estimate of drug-likeness (QED) is 0.802. The van der Waals surface area contributed by atoms with Crippen LogP contribution < -0.4 is 4.48 Å². The third-order valence-corrected chi connectivity index (χ3v) is 6.16. The van der Waals surface area contributed by atoms with Gasteiger partial charge in [0.1, 0.15) is 11.9 Å². The molecule has 1 N–H and O–H groups in total. The molecule has 0 bridgehead atoms. The zero-order valence-electron chi connectivity index (χ0n) is 15.1. The van der Waals surface area contributed by atoms with Gasteiger partial charge >= 0.3 is 0 Å². The number of halogens is 1. The largest absolute Gasteiger partial charge is 0.396 e. The van der Waals surface area contributed by atoms with Gasteiger partial charge in [-0.1, -0.05) is 24.6 Å². The summed E-state index contributed by atoms with van der Waals surface area (Å²) in [6.45, 7) is 2.76. The van der Waals surface area contributed by atoms with Crippen LogP contribution >= 0.6 is 12.4 Å². The molecule has 1 heterocycles. The van der Waals surface area contributed by atoms with Crippen molar-refractivity contribution in [3.63, 3.8) is 0 Å². The van der Waals surface area contributed by atoms with E-state index in [1.807, 2.05) is 0 Å². The first kappa shape index (κ1) is 19.7. The van der Waals surface area contributed by atoms with Gasteiger partial charge in [-0.15, -0.1) is 12.4 Å². The van der Waals surface area contributed by atoms with Gasteiger partial charge in [-0.2, -0.15) is 0 Å². The van der Waals surface area contributed by atoms with Gasteiger partial charge in [0.25, 0.3) is 0 Å². The predicted octanol–water partition coefficient (Wildman–Crippen LogP) is 4.18. The van der Waals surface area contributed by atoms with Crippen molar-refractivity contribution < 1.29 is 5.11 Å². The Morgan fingerprint density at radius 2 is 1.79 bits per heavy atom. The molecule has 2 unspecified atom stereocenters. The minimum absolute atomic E-state index is 0. The Morgan fingerprint density at radius 3 is 2.46 bits per heavy atom. The van der Waals surface area contributed by atoms with Gasteiger partial charge in [0.15, 0.2) is 0 Å². The van der Waals surface area contributed by atoms with Crippen LogP contribution in [-0.2, 0) is 0 Å². The van der Waals surface area contributed by atoms with Gasteiger partial charge in [-0.3, -0.25) is 9.38 Å².